The smallest absolute Gasteiger partial charge is 0.351 e. The van der Waals surface area contributed by atoms with E-state index in [2.05, 4.69) is 10.9 Å². The molecule has 1 aromatic rings. The maximum Gasteiger partial charge on any atom is 0.351 e. The lowest BCUT2D eigenvalue weighted by molar-refractivity contribution is -0.165. The first-order chi connectivity index (χ1) is 11.2. The highest BCUT2D eigenvalue weighted by Gasteiger charge is 2.48. The lowest BCUT2D eigenvalue weighted by Crippen LogP contribution is -2.40. The Kier molecular flexibility index (Phi) is 4.90. The highest BCUT2D eigenvalue weighted by atomic mass is 16.6. The van der Waals surface area contributed by atoms with Crippen molar-refractivity contribution in [2.45, 2.75) is 45.3 Å². The Labute approximate surface area is 137 Å². The maximum atomic E-state index is 12.1. The zero-order valence-corrected chi connectivity index (χ0v) is 13.4. The van der Waals surface area contributed by atoms with Crippen molar-refractivity contribution >= 4 is 17.8 Å². The van der Waals surface area contributed by atoms with E-state index in [1.54, 1.807) is 6.92 Å². The van der Waals surface area contributed by atoms with Gasteiger partial charge >= 0.3 is 17.6 Å². The Morgan fingerprint density at radius 1 is 1.33 bits per heavy atom. The van der Waals surface area contributed by atoms with E-state index in [0.29, 0.717) is 0 Å². The summed E-state index contributed by atoms with van der Waals surface area (Å²) in [4.78, 5) is 38.5. The van der Waals surface area contributed by atoms with Crippen LogP contribution >= 0.6 is 0 Å². The van der Waals surface area contributed by atoms with Crippen molar-refractivity contribution in [3.8, 4) is 12.3 Å². The van der Waals surface area contributed by atoms with Gasteiger partial charge in [-0.25, -0.2) is 4.79 Å². The van der Waals surface area contributed by atoms with E-state index >= 15 is 0 Å². The second-order valence-electron chi connectivity index (χ2n) is 5.25. The van der Waals surface area contributed by atoms with Crippen LogP contribution in [0.25, 0.3) is 0 Å². The molecule has 1 fully saturated rings. The summed E-state index contributed by atoms with van der Waals surface area (Å²) in [5.41, 5.74) is 5.02. The van der Waals surface area contributed by atoms with Crippen molar-refractivity contribution < 1.29 is 23.8 Å². The third-order valence-electron chi connectivity index (χ3n) is 3.44. The Bertz CT molecular complexity index is 765. The first-order valence-electron chi connectivity index (χ1n) is 7.09. The first-order valence-corrected chi connectivity index (χ1v) is 7.09. The molecule has 24 heavy (non-hydrogen) atoms. The van der Waals surface area contributed by atoms with Gasteiger partial charge < -0.3 is 19.9 Å². The van der Waals surface area contributed by atoms with Crippen LogP contribution in [-0.2, 0) is 23.8 Å². The SMILES string of the molecule is C#Cc1cn([C@@H]2O[C@H](C)[C@@H](OC(C)=O)[C@H]2OC(C)=O)c(=O)nc1N. The number of hydrogen-bond donors (Lipinski definition) is 1. The summed E-state index contributed by atoms with van der Waals surface area (Å²) in [5, 5.41) is 0. The van der Waals surface area contributed by atoms with E-state index in [1.165, 1.54) is 20.0 Å². The normalized spacial score (nSPS) is 25.8. The zero-order chi connectivity index (χ0) is 18.0. The molecule has 1 aromatic heterocycles. The number of nitrogen functional groups attached to an aromatic ring is 1. The average molecular weight is 335 g/mol. The quantitative estimate of drug-likeness (QED) is 0.584. The fourth-order valence-electron chi connectivity index (χ4n) is 2.47. The molecule has 0 unspecified atom stereocenters. The van der Waals surface area contributed by atoms with Crippen LogP contribution in [0.4, 0.5) is 5.82 Å². The van der Waals surface area contributed by atoms with Crippen LogP contribution in [0.5, 0.6) is 0 Å². The summed E-state index contributed by atoms with van der Waals surface area (Å²) in [5.74, 6) is 1.02. The van der Waals surface area contributed by atoms with Crippen LogP contribution in [-0.4, -0.2) is 39.8 Å². The molecule has 1 saturated heterocycles. The van der Waals surface area contributed by atoms with Crippen molar-refractivity contribution in [3.05, 3.63) is 22.2 Å². The highest BCUT2D eigenvalue weighted by Crippen LogP contribution is 2.33. The Hall–Kier alpha value is -2.86. The Morgan fingerprint density at radius 2 is 1.92 bits per heavy atom. The van der Waals surface area contributed by atoms with Gasteiger partial charge in [-0.15, -0.1) is 6.42 Å². The van der Waals surface area contributed by atoms with E-state index in [-0.39, 0.29) is 11.4 Å². The number of ether oxygens (including phenoxy) is 3. The van der Waals surface area contributed by atoms with Gasteiger partial charge in [0, 0.05) is 20.0 Å². The van der Waals surface area contributed by atoms with E-state index < -0.39 is 42.2 Å². The molecule has 0 bridgehead atoms. The number of nitrogens with two attached hydrogens (primary N) is 1. The molecule has 9 nitrogen and oxygen atoms in total. The van der Waals surface area contributed by atoms with Gasteiger partial charge in [0.2, 0.25) is 0 Å². The zero-order valence-electron chi connectivity index (χ0n) is 13.4. The van der Waals surface area contributed by atoms with Crippen LogP contribution < -0.4 is 11.4 Å². The minimum atomic E-state index is -1.05. The molecule has 9 heteroatoms. The second kappa shape index (κ2) is 6.72. The average Bonchev–Trinajstić information content (AvgIpc) is 2.75. The van der Waals surface area contributed by atoms with Crippen molar-refractivity contribution in [1.82, 2.24) is 9.55 Å². The van der Waals surface area contributed by atoms with Gasteiger partial charge in [-0.2, -0.15) is 4.98 Å². The number of esters is 2. The molecular weight excluding hydrogens is 318 g/mol. The number of nitrogens with zero attached hydrogens (tertiary/aromatic N) is 2. The van der Waals surface area contributed by atoms with Gasteiger partial charge in [0.25, 0.3) is 0 Å². The highest BCUT2D eigenvalue weighted by molar-refractivity contribution is 5.67. The number of aromatic nitrogens is 2. The Balaban J connectivity index is 2.48. The van der Waals surface area contributed by atoms with Crippen LogP contribution in [0, 0.1) is 12.3 Å². The minimum Gasteiger partial charge on any atom is -0.456 e. The van der Waals surface area contributed by atoms with Crippen LogP contribution in [0.3, 0.4) is 0 Å². The molecule has 0 radical (unpaired) electrons. The van der Waals surface area contributed by atoms with Gasteiger partial charge in [0.05, 0.1) is 11.7 Å². The lowest BCUT2D eigenvalue weighted by atomic mass is 10.1. The van der Waals surface area contributed by atoms with E-state index in [0.717, 1.165) is 4.57 Å². The molecule has 0 spiro atoms. The largest absolute Gasteiger partial charge is 0.456 e. The van der Waals surface area contributed by atoms with Gasteiger partial charge in [-0.1, -0.05) is 5.92 Å². The number of anilines is 1. The number of hydrogen-bond acceptors (Lipinski definition) is 8. The summed E-state index contributed by atoms with van der Waals surface area (Å²) in [6.45, 7) is 4.04. The van der Waals surface area contributed by atoms with Crippen LogP contribution in [0.1, 0.15) is 32.6 Å². The van der Waals surface area contributed by atoms with Crippen LogP contribution in [0.15, 0.2) is 11.0 Å². The van der Waals surface area contributed by atoms with Gasteiger partial charge in [-0.3, -0.25) is 14.2 Å². The van der Waals surface area contributed by atoms with Gasteiger partial charge in [0.1, 0.15) is 5.82 Å². The summed E-state index contributed by atoms with van der Waals surface area (Å²) >= 11 is 0. The molecule has 0 amide bonds. The molecule has 2 rings (SSSR count). The molecule has 4 atom stereocenters. The Morgan fingerprint density at radius 3 is 2.46 bits per heavy atom. The molecule has 0 saturated carbocycles. The fourth-order valence-corrected chi connectivity index (χ4v) is 2.47. The van der Waals surface area contributed by atoms with Crippen molar-refractivity contribution in [1.29, 1.82) is 0 Å². The van der Waals surface area contributed by atoms with Gasteiger partial charge in [0.15, 0.2) is 18.4 Å². The number of terminal acetylenes is 1. The number of carbonyl (C=O) groups is 2. The third-order valence-corrected chi connectivity index (χ3v) is 3.44. The molecular formula is C15H17N3O6. The predicted octanol–water partition coefficient (Wildman–Crippen LogP) is -0.412. The molecule has 0 aliphatic carbocycles. The lowest BCUT2D eigenvalue weighted by Gasteiger charge is -2.23. The standard InChI is InChI=1S/C15H17N3O6/c1-5-10-6-18(15(21)17-13(10)16)14-12(24-9(4)20)11(7(2)22-14)23-8(3)19/h1,6-7,11-12,14H,2-4H3,(H2,16,17,21)/t7-,11-,12-,14-/m1/s1. The summed E-state index contributed by atoms with van der Waals surface area (Å²) in [6, 6.07) is 0. The molecule has 0 aromatic carbocycles. The summed E-state index contributed by atoms with van der Waals surface area (Å²) < 4.78 is 17.1. The van der Waals surface area contributed by atoms with E-state index in [4.69, 9.17) is 26.4 Å². The van der Waals surface area contributed by atoms with E-state index in [1.807, 2.05) is 0 Å². The predicted molar refractivity (Wildman–Crippen MR) is 81.5 cm³/mol. The van der Waals surface area contributed by atoms with E-state index in [9.17, 15) is 14.4 Å². The maximum absolute atomic E-state index is 12.1. The third kappa shape index (κ3) is 3.38. The molecule has 1 aliphatic rings. The van der Waals surface area contributed by atoms with Crippen molar-refractivity contribution in [3.63, 3.8) is 0 Å². The monoisotopic (exact) mass is 335 g/mol. The summed E-state index contributed by atoms with van der Waals surface area (Å²) in [6.07, 6.45) is 3.02. The van der Waals surface area contributed by atoms with Crippen LogP contribution in [0.2, 0.25) is 0 Å². The molecule has 2 heterocycles. The number of carbonyl (C=O) groups excluding carboxylic acids is 2. The van der Waals surface area contributed by atoms with Crippen molar-refractivity contribution in [2.75, 3.05) is 5.73 Å². The van der Waals surface area contributed by atoms with Gasteiger partial charge in [-0.05, 0) is 6.92 Å². The minimum absolute atomic E-state index is 0.0923. The second-order valence-corrected chi connectivity index (χ2v) is 5.25. The first kappa shape index (κ1) is 17.5. The fraction of sp³-hybridized carbons (Fsp3) is 0.467. The number of rotatable bonds is 3. The molecule has 128 valence electrons. The molecule has 2 N–H and O–H groups in total. The summed E-state index contributed by atoms with van der Waals surface area (Å²) in [7, 11) is 0. The molecule has 1 aliphatic heterocycles. The topological polar surface area (TPSA) is 123 Å². The van der Waals surface area contributed by atoms with Crippen molar-refractivity contribution in [2.24, 2.45) is 0 Å².